The zero-order chi connectivity index (χ0) is 13.9. The molecule has 0 aliphatic carbocycles. The molecule has 0 aliphatic heterocycles. The molecular formula is C14H20FNOS. The van der Waals surface area contributed by atoms with Crippen LogP contribution in [0.5, 0.6) is 0 Å². The van der Waals surface area contributed by atoms with Crippen molar-refractivity contribution in [1.29, 1.82) is 0 Å². The van der Waals surface area contributed by atoms with Gasteiger partial charge in [-0.25, -0.2) is 8.60 Å². The Morgan fingerprint density at radius 1 is 1.39 bits per heavy atom. The lowest BCUT2D eigenvalue weighted by Crippen LogP contribution is -2.21. The van der Waals surface area contributed by atoms with Gasteiger partial charge in [-0.05, 0) is 57.4 Å². The van der Waals surface area contributed by atoms with Crippen LogP contribution in [0.4, 0.5) is 4.39 Å². The minimum atomic E-state index is -1.29. The lowest BCUT2D eigenvalue weighted by atomic mass is 10.1. The summed E-state index contributed by atoms with van der Waals surface area (Å²) in [7, 11) is -1.29. The highest BCUT2D eigenvalue weighted by Gasteiger charge is 2.19. The van der Waals surface area contributed by atoms with E-state index in [1.807, 2.05) is 27.7 Å². The topological polar surface area (TPSA) is 29.4 Å². The molecule has 100 valence electrons. The molecule has 0 heterocycles. The Hall–Kier alpha value is -1.03. The first-order valence-electron chi connectivity index (χ1n) is 6.01. The molecule has 0 radical (unpaired) electrons. The summed E-state index contributed by atoms with van der Waals surface area (Å²) in [4.78, 5) is 0. The highest BCUT2D eigenvalue weighted by Crippen LogP contribution is 2.16. The van der Waals surface area contributed by atoms with Crippen LogP contribution in [-0.4, -0.2) is 14.7 Å². The van der Waals surface area contributed by atoms with Gasteiger partial charge in [-0.1, -0.05) is 13.0 Å². The van der Waals surface area contributed by atoms with Gasteiger partial charge in [0.05, 0.1) is 10.5 Å². The smallest absolute Gasteiger partial charge is 0.145 e. The van der Waals surface area contributed by atoms with Gasteiger partial charge in [0, 0.05) is 0 Å². The lowest BCUT2D eigenvalue weighted by Gasteiger charge is -2.15. The van der Waals surface area contributed by atoms with E-state index in [4.69, 9.17) is 0 Å². The van der Waals surface area contributed by atoms with Gasteiger partial charge in [0.25, 0.3) is 0 Å². The molecule has 0 saturated carbocycles. The van der Waals surface area contributed by atoms with Crippen LogP contribution in [-0.2, 0) is 11.0 Å². The molecule has 1 aromatic carbocycles. The largest absolute Gasteiger partial charge is 0.234 e. The van der Waals surface area contributed by atoms with E-state index in [1.165, 1.54) is 6.07 Å². The van der Waals surface area contributed by atoms with E-state index in [0.29, 0.717) is 12.0 Å². The molecule has 0 N–H and O–H groups in total. The fourth-order valence-electron chi connectivity index (χ4n) is 1.38. The Labute approximate surface area is 111 Å². The van der Waals surface area contributed by atoms with Crippen molar-refractivity contribution in [3.8, 4) is 0 Å². The molecular weight excluding hydrogens is 249 g/mol. The van der Waals surface area contributed by atoms with Gasteiger partial charge in [-0.2, -0.15) is 4.40 Å². The van der Waals surface area contributed by atoms with Crippen LogP contribution < -0.4 is 0 Å². The zero-order valence-corrected chi connectivity index (χ0v) is 12.4. The number of halogens is 1. The van der Waals surface area contributed by atoms with Gasteiger partial charge in [0.2, 0.25) is 0 Å². The number of hydrogen-bond acceptors (Lipinski definition) is 1. The van der Waals surface area contributed by atoms with Gasteiger partial charge in [-0.3, -0.25) is 0 Å². The summed E-state index contributed by atoms with van der Waals surface area (Å²) < 4.78 is 29.1. The van der Waals surface area contributed by atoms with E-state index in [-0.39, 0.29) is 10.6 Å². The second-order valence-electron chi connectivity index (χ2n) is 5.22. The highest BCUT2D eigenvalue weighted by atomic mass is 32.2. The first-order chi connectivity index (χ1) is 8.25. The van der Waals surface area contributed by atoms with E-state index in [1.54, 1.807) is 19.1 Å². The molecule has 1 aromatic rings. The molecule has 0 saturated heterocycles. The number of nitrogens with zero attached hydrogens (tertiary/aromatic N) is 1. The third-order valence-corrected chi connectivity index (χ3v) is 3.98. The third-order valence-electron chi connectivity index (χ3n) is 2.54. The average Bonchev–Trinajstić information content (AvgIpc) is 2.28. The molecule has 2 nitrogen and oxygen atoms in total. The molecule has 4 heteroatoms. The number of aryl methyl sites for hydroxylation is 1. The summed E-state index contributed by atoms with van der Waals surface area (Å²) in [5.41, 5.74) is 2.18. The summed E-state index contributed by atoms with van der Waals surface area (Å²) in [6, 6.07) is 4.86. The fourth-order valence-corrected chi connectivity index (χ4v) is 2.09. The van der Waals surface area contributed by atoms with Crippen molar-refractivity contribution < 1.29 is 8.60 Å². The second kappa shape index (κ2) is 5.74. The minimum Gasteiger partial charge on any atom is -0.234 e. The number of benzene rings is 1. The Balaban J connectivity index is 3.14. The van der Waals surface area contributed by atoms with E-state index in [0.717, 1.165) is 11.3 Å². The summed E-state index contributed by atoms with van der Waals surface area (Å²) >= 11 is 0. The predicted molar refractivity (Wildman–Crippen MR) is 75.9 cm³/mol. The van der Waals surface area contributed by atoms with Crippen molar-refractivity contribution >= 4 is 16.7 Å². The summed E-state index contributed by atoms with van der Waals surface area (Å²) in [5.74, 6) is -0.230. The standard InChI is InChI=1S/C14H20FNOS/c1-6-13(16-18(17)14(3,4)5)11-7-8-12(15)10(2)9-11/h7-9H,6H2,1-5H3. The molecule has 0 fully saturated rings. The van der Waals surface area contributed by atoms with Crippen LogP contribution in [0, 0.1) is 12.7 Å². The molecule has 0 aromatic heterocycles. The van der Waals surface area contributed by atoms with Crippen molar-refractivity contribution in [3.63, 3.8) is 0 Å². The molecule has 0 bridgehead atoms. The maximum absolute atomic E-state index is 13.2. The maximum Gasteiger partial charge on any atom is 0.145 e. The van der Waals surface area contributed by atoms with Crippen molar-refractivity contribution in [1.82, 2.24) is 0 Å². The van der Waals surface area contributed by atoms with Gasteiger partial charge < -0.3 is 0 Å². The molecule has 0 aliphatic rings. The average molecular weight is 269 g/mol. The number of hydrogen-bond donors (Lipinski definition) is 0. The fraction of sp³-hybridized carbons (Fsp3) is 0.500. The summed E-state index contributed by atoms with van der Waals surface area (Å²) in [5, 5.41) is 0. The van der Waals surface area contributed by atoms with Crippen LogP contribution in [0.3, 0.4) is 0 Å². The van der Waals surface area contributed by atoms with E-state index < -0.39 is 11.0 Å². The van der Waals surface area contributed by atoms with Crippen LogP contribution in [0.25, 0.3) is 0 Å². The molecule has 0 spiro atoms. The predicted octanol–water partition coefficient (Wildman–Crippen LogP) is 3.80. The maximum atomic E-state index is 13.2. The van der Waals surface area contributed by atoms with Crippen molar-refractivity contribution in [2.75, 3.05) is 0 Å². The van der Waals surface area contributed by atoms with Gasteiger partial charge in [0.15, 0.2) is 0 Å². The first-order valence-corrected chi connectivity index (χ1v) is 7.12. The number of rotatable bonds is 3. The Morgan fingerprint density at radius 2 is 2.00 bits per heavy atom. The van der Waals surface area contributed by atoms with Crippen molar-refractivity contribution in [2.24, 2.45) is 4.40 Å². The van der Waals surface area contributed by atoms with E-state index in [2.05, 4.69) is 4.40 Å². The zero-order valence-electron chi connectivity index (χ0n) is 11.6. The molecule has 1 atom stereocenters. The van der Waals surface area contributed by atoms with E-state index >= 15 is 0 Å². The van der Waals surface area contributed by atoms with Crippen LogP contribution in [0.2, 0.25) is 0 Å². The van der Waals surface area contributed by atoms with Crippen LogP contribution in [0.15, 0.2) is 22.6 Å². The van der Waals surface area contributed by atoms with Crippen LogP contribution >= 0.6 is 0 Å². The van der Waals surface area contributed by atoms with Crippen molar-refractivity contribution in [3.05, 3.63) is 35.1 Å². The summed E-state index contributed by atoms with van der Waals surface area (Å²) in [6.45, 7) is 9.33. The SMILES string of the molecule is CCC(=NS(=O)C(C)(C)C)c1ccc(F)c(C)c1. The Bertz CT molecular complexity index is 489. The first kappa shape index (κ1) is 15.0. The third kappa shape index (κ3) is 3.73. The highest BCUT2D eigenvalue weighted by molar-refractivity contribution is 7.85. The minimum absolute atomic E-state index is 0.230. The summed E-state index contributed by atoms with van der Waals surface area (Å²) in [6.07, 6.45) is 0.674. The normalized spacial score (nSPS) is 14.7. The van der Waals surface area contributed by atoms with Crippen molar-refractivity contribution in [2.45, 2.75) is 45.8 Å². The molecule has 0 amide bonds. The molecule has 18 heavy (non-hydrogen) atoms. The quantitative estimate of drug-likeness (QED) is 0.767. The van der Waals surface area contributed by atoms with E-state index in [9.17, 15) is 8.60 Å². The van der Waals surface area contributed by atoms with Crippen LogP contribution in [0.1, 0.15) is 45.2 Å². The Kier molecular flexibility index (Phi) is 4.79. The molecule has 1 rings (SSSR count). The second-order valence-corrected chi connectivity index (χ2v) is 7.12. The lowest BCUT2D eigenvalue weighted by molar-refractivity contribution is 0.618. The van der Waals surface area contributed by atoms with Gasteiger partial charge in [0.1, 0.15) is 16.8 Å². The molecule has 1 unspecified atom stereocenters. The van der Waals surface area contributed by atoms with Gasteiger partial charge >= 0.3 is 0 Å². The monoisotopic (exact) mass is 269 g/mol. The Morgan fingerprint density at radius 3 is 2.44 bits per heavy atom. The van der Waals surface area contributed by atoms with Gasteiger partial charge in [-0.15, -0.1) is 0 Å².